The van der Waals surface area contributed by atoms with Crippen molar-refractivity contribution in [2.75, 3.05) is 13.6 Å². The predicted octanol–water partition coefficient (Wildman–Crippen LogP) is 1.67. The standard InChI is InChI=1S/C13H23N3O/c1-11(8-9-14)16(2)13(17)7-6-12-5-3-4-10-15-12/h11-12,15H,3-8,10H2,1-2H3. The lowest BCUT2D eigenvalue weighted by molar-refractivity contribution is -0.131. The molecule has 2 atom stereocenters. The predicted molar refractivity (Wildman–Crippen MR) is 67.3 cm³/mol. The second kappa shape index (κ2) is 7.29. The van der Waals surface area contributed by atoms with Crippen molar-refractivity contribution in [3.8, 4) is 6.07 Å². The molecule has 4 heteroatoms. The summed E-state index contributed by atoms with van der Waals surface area (Å²) in [6.45, 7) is 3.00. The minimum Gasteiger partial charge on any atom is -0.342 e. The summed E-state index contributed by atoms with van der Waals surface area (Å²) in [5.74, 6) is 0.153. The molecule has 1 amide bonds. The van der Waals surface area contributed by atoms with E-state index in [1.165, 1.54) is 19.3 Å². The first-order valence-electron chi connectivity index (χ1n) is 6.51. The fraction of sp³-hybridized carbons (Fsp3) is 0.846. The van der Waals surface area contributed by atoms with E-state index < -0.39 is 0 Å². The number of hydrogen-bond acceptors (Lipinski definition) is 3. The van der Waals surface area contributed by atoms with Crippen molar-refractivity contribution in [2.24, 2.45) is 0 Å². The Hall–Kier alpha value is -1.08. The molecule has 2 unspecified atom stereocenters. The quantitative estimate of drug-likeness (QED) is 0.791. The fourth-order valence-electron chi connectivity index (χ4n) is 2.16. The van der Waals surface area contributed by atoms with Crippen LogP contribution in [0.5, 0.6) is 0 Å². The van der Waals surface area contributed by atoms with Gasteiger partial charge in [0, 0.05) is 25.6 Å². The van der Waals surface area contributed by atoms with Crippen molar-refractivity contribution in [1.82, 2.24) is 10.2 Å². The van der Waals surface area contributed by atoms with Crippen molar-refractivity contribution in [2.45, 2.75) is 57.5 Å². The summed E-state index contributed by atoms with van der Waals surface area (Å²) in [6, 6.07) is 2.63. The van der Waals surface area contributed by atoms with E-state index in [1.54, 1.807) is 11.9 Å². The molecule has 0 aromatic heterocycles. The Balaban J connectivity index is 2.26. The van der Waals surface area contributed by atoms with Gasteiger partial charge in [-0.05, 0) is 32.7 Å². The largest absolute Gasteiger partial charge is 0.342 e. The summed E-state index contributed by atoms with van der Waals surface area (Å²) < 4.78 is 0. The molecule has 0 bridgehead atoms. The van der Waals surface area contributed by atoms with Gasteiger partial charge in [-0.1, -0.05) is 6.42 Å². The van der Waals surface area contributed by atoms with E-state index in [1.807, 2.05) is 6.92 Å². The molecule has 0 aromatic rings. The second-order valence-corrected chi connectivity index (χ2v) is 4.90. The van der Waals surface area contributed by atoms with Gasteiger partial charge in [-0.3, -0.25) is 4.79 Å². The first kappa shape index (κ1) is 14.0. The zero-order valence-corrected chi connectivity index (χ0v) is 10.9. The lowest BCUT2D eigenvalue weighted by Crippen LogP contribution is -2.38. The van der Waals surface area contributed by atoms with Crippen molar-refractivity contribution >= 4 is 5.91 Å². The van der Waals surface area contributed by atoms with Crippen LogP contribution >= 0.6 is 0 Å². The van der Waals surface area contributed by atoms with Crippen LogP contribution in [0, 0.1) is 11.3 Å². The second-order valence-electron chi connectivity index (χ2n) is 4.90. The van der Waals surface area contributed by atoms with E-state index in [0.29, 0.717) is 18.9 Å². The van der Waals surface area contributed by atoms with Crippen molar-refractivity contribution in [1.29, 1.82) is 5.26 Å². The fourth-order valence-corrected chi connectivity index (χ4v) is 2.16. The van der Waals surface area contributed by atoms with Crippen LogP contribution in [0.1, 0.15) is 45.4 Å². The van der Waals surface area contributed by atoms with Gasteiger partial charge >= 0.3 is 0 Å². The highest BCUT2D eigenvalue weighted by molar-refractivity contribution is 5.76. The molecule has 1 fully saturated rings. The Bertz CT molecular complexity index is 279. The van der Waals surface area contributed by atoms with E-state index >= 15 is 0 Å². The molecule has 1 N–H and O–H groups in total. The number of nitriles is 1. The van der Waals surface area contributed by atoms with E-state index in [0.717, 1.165) is 13.0 Å². The molecule has 0 aromatic carbocycles. The van der Waals surface area contributed by atoms with Gasteiger partial charge in [0.15, 0.2) is 0 Å². The maximum absolute atomic E-state index is 11.9. The molecular weight excluding hydrogens is 214 g/mol. The van der Waals surface area contributed by atoms with Crippen LogP contribution in [0.15, 0.2) is 0 Å². The number of carbonyl (C=O) groups excluding carboxylic acids is 1. The molecule has 0 radical (unpaired) electrons. The summed E-state index contributed by atoms with van der Waals surface area (Å²) in [5, 5.41) is 12.0. The van der Waals surface area contributed by atoms with Crippen LogP contribution in [0.25, 0.3) is 0 Å². The highest BCUT2D eigenvalue weighted by Gasteiger charge is 2.18. The van der Waals surface area contributed by atoms with Gasteiger partial charge in [0.1, 0.15) is 0 Å². The van der Waals surface area contributed by atoms with Crippen LogP contribution in [0.3, 0.4) is 0 Å². The number of hydrogen-bond donors (Lipinski definition) is 1. The number of nitrogens with zero attached hydrogens (tertiary/aromatic N) is 2. The minimum absolute atomic E-state index is 0.0202. The Morgan fingerprint density at radius 3 is 2.94 bits per heavy atom. The topological polar surface area (TPSA) is 56.1 Å². The number of nitrogens with one attached hydrogen (secondary N) is 1. The van der Waals surface area contributed by atoms with Crippen LogP contribution in [-0.2, 0) is 4.79 Å². The van der Waals surface area contributed by atoms with Crippen LogP contribution in [0.4, 0.5) is 0 Å². The van der Waals surface area contributed by atoms with Crippen molar-refractivity contribution in [3.05, 3.63) is 0 Å². The maximum Gasteiger partial charge on any atom is 0.222 e. The molecule has 1 aliphatic rings. The van der Waals surface area contributed by atoms with Crippen LogP contribution in [0.2, 0.25) is 0 Å². The lowest BCUT2D eigenvalue weighted by atomic mass is 10.00. The zero-order valence-electron chi connectivity index (χ0n) is 10.9. The van der Waals surface area contributed by atoms with Gasteiger partial charge in [-0.15, -0.1) is 0 Å². The molecule has 1 saturated heterocycles. The van der Waals surface area contributed by atoms with Gasteiger partial charge < -0.3 is 10.2 Å². The molecule has 1 rings (SSSR count). The molecular formula is C13H23N3O. The molecule has 0 saturated carbocycles. The summed E-state index contributed by atoms with van der Waals surface area (Å²) in [5.41, 5.74) is 0. The van der Waals surface area contributed by atoms with Crippen molar-refractivity contribution < 1.29 is 4.79 Å². The zero-order chi connectivity index (χ0) is 12.7. The SMILES string of the molecule is CC(CC#N)N(C)C(=O)CCC1CCCCN1. The molecule has 96 valence electrons. The number of rotatable bonds is 5. The highest BCUT2D eigenvalue weighted by Crippen LogP contribution is 2.13. The van der Waals surface area contributed by atoms with E-state index in [2.05, 4.69) is 11.4 Å². The van der Waals surface area contributed by atoms with Crippen LogP contribution < -0.4 is 5.32 Å². The van der Waals surface area contributed by atoms with Crippen LogP contribution in [-0.4, -0.2) is 36.5 Å². The third kappa shape index (κ3) is 4.74. The molecule has 1 aliphatic heterocycles. The third-order valence-corrected chi connectivity index (χ3v) is 3.56. The smallest absolute Gasteiger partial charge is 0.222 e. The highest BCUT2D eigenvalue weighted by atomic mass is 16.2. The van der Waals surface area contributed by atoms with Gasteiger partial charge in [0.25, 0.3) is 0 Å². The number of piperidine rings is 1. The summed E-state index contributed by atoms with van der Waals surface area (Å²) in [6.07, 6.45) is 5.62. The van der Waals surface area contributed by atoms with E-state index in [-0.39, 0.29) is 11.9 Å². The average molecular weight is 237 g/mol. The average Bonchev–Trinajstić information content (AvgIpc) is 2.36. The Kier molecular flexibility index (Phi) is 5.99. The van der Waals surface area contributed by atoms with E-state index in [9.17, 15) is 4.79 Å². The Labute approximate surface area is 104 Å². The summed E-state index contributed by atoms with van der Waals surface area (Å²) in [4.78, 5) is 13.6. The van der Waals surface area contributed by atoms with Gasteiger partial charge in [0.05, 0.1) is 12.5 Å². The molecule has 4 nitrogen and oxygen atoms in total. The molecule has 1 heterocycles. The van der Waals surface area contributed by atoms with Gasteiger partial charge in [-0.2, -0.15) is 5.26 Å². The van der Waals surface area contributed by atoms with Crippen molar-refractivity contribution in [3.63, 3.8) is 0 Å². The normalized spacial score (nSPS) is 21.6. The Morgan fingerprint density at radius 2 is 2.35 bits per heavy atom. The molecule has 17 heavy (non-hydrogen) atoms. The van der Waals surface area contributed by atoms with Gasteiger partial charge in [0.2, 0.25) is 5.91 Å². The lowest BCUT2D eigenvalue weighted by Gasteiger charge is -2.26. The maximum atomic E-state index is 11.9. The first-order chi connectivity index (χ1) is 8.15. The third-order valence-electron chi connectivity index (χ3n) is 3.56. The van der Waals surface area contributed by atoms with E-state index in [4.69, 9.17) is 5.26 Å². The number of amides is 1. The minimum atomic E-state index is 0.0202. The number of carbonyl (C=O) groups is 1. The summed E-state index contributed by atoms with van der Waals surface area (Å²) in [7, 11) is 1.79. The molecule has 0 aliphatic carbocycles. The molecule has 0 spiro atoms. The first-order valence-corrected chi connectivity index (χ1v) is 6.51. The van der Waals surface area contributed by atoms with Gasteiger partial charge in [-0.25, -0.2) is 0 Å². The summed E-state index contributed by atoms with van der Waals surface area (Å²) >= 11 is 0. The monoisotopic (exact) mass is 237 g/mol. The Morgan fingerprint density at radius 1 is 1.59 bits per heavy atom.